The SMILES string of the molecule is CC(=O)Nc1ccc(/C(C)=N/OCC(=O)NC(C)C)cc1. The molecule has 2 amide bonds. The van der Waals surface area contributed by atoms with Crippen LogP contribution in [0.2, 0.25) is 0 Å². The van der Waals surface area contributed by atoms with Crippen LogP contribution in [-0.4, -0.2) is 30.2 Å². The van der Waals surface area contributed by atoms with Crippen LogP contribution >= 0.6 is 0 Å². The van der Waals surface area contributed by atoms with Gasteiger partial charge in [0.25, 0.3) is 5.91 Å². The molecular formula is C15H21N3O3. The number of oxime groups is 1. The maximum atomic E-state index is 11.4. The maximum absolute atomic E-state index is 11.4. The van der Waals surface area contributed by atoms with E-state index in [0.717, 1.165) is 11.3 Å². The molecular weight excluding hydrogens is 270 g/mol. The summed E-state index contributed by atoms with van der Waals surface area (Å²) in [4.78, 5) is 27.3. The molecule has 2 N–H and O–H groups in total. The Morgan fingerprint density at radius 1 is 1.19 bits per heavy atom. The van der Waals surface area contributed by atoms with E-state index in [9.17, 15) is 9.59 Å². The standard InChI is InChI=1S/C15H21N3O3/c1-10(2)16-15(20)9-21-18-11(3)13-5-7-14(8-6-13)17-12(4)19/h5-8,10H,9H2,1-4H3,(H,16,20)(H,17,19)/b18-11+. The Balaban J connectivity index is 2.54. The molecule has 6 heteroatoms. The highest BCUT2D eigenvalue weighted by atomic mass is 16.6. The number of amides is 2. The smallest absolute Gasteiger partial charge is 0.260 e. The Kier molecular flexibility index (Phi) is 6.39. The summed E-state index contributed by atoms with van der Waals surface area (Å²) in [7, 11) is 0. The number of nitrogens with one attached hydrogen (secondary N) is 2. The molecule has 0 aliphatic carbocycles. The summed E-state index contributed by atoms with van der Waals surface area (Å²) in [5.41, 5.74) is 2.23. The summed E-state index contributed by atoms with van der Waals surface area (Å²) in [6, 6.07) is 7.28. The van der Waals surface area contributed by atoms with Gasteiger partial charge in [0, 0.05) is 18.7 Å². The van der Waals surface area contributed by atoms with Crippen LogP contribution in [-0.2, 0) is 14.4 Å². The van der Waals surface area contributed by atoms with Crippen LogP contribution in [0.4, 0.5) is 5.69 Å². The molecule has 0 saturated carbocycles. The zero-order valence-corrected chi connectivity index (χ0v) is 12.8. The lowest BCUT2D eigenvalue weighted by atomic mass is 10.1. The number of hydrogen-bond donors (Lipinski definition) is 2. The molecule has 0 heterocycles. The van der Waals surface area contributed by atoms with Gasteiger partial charge < -0.3 is 15.5 Å². The molecule has 0 saturated heterocycles. The van der Waals surface area contributed by atoms with Crippen LogP contribution in [0.3, 0.4) is 0 Å². The molecule has 0 radical (unpaired) electrons. The molecule has 0 atom stereocenters. The van der Waals surface area contributed by atoms with Crippen molar-refractivity contribution in [3.8, 4) is 0 Å². The zero-order valence-electron chi connectivity index (χ0n) is 12.8. The van der Waals surface area contributed by atoms with Gasteiger partial charge in [-0.2, -0.15) is 0 Å². The van der Waals surface area contributed by atoms with Gasteiger partial charge in [-0.05, 0) is 38.5 Å². The molecule has 0 aliphatic heterocycles. The van der Waals surface area contributed by atoms with Crippen LogP contribution in [0, 0.1) is 0 Å². The lowest BCUT2D eigenvalue weighted by Crippen LogP contribution is -2.32. The number of rotatable bonds is 6. The van der Waals surface area contributed by atoms with Crippen molar-refractivity contribution in [3.63, 3.8) is 0 Å². The molecule has 114 valence electrons. The molecule has 0 fully saturated rings. The van der Waals surface area contributed by atoms with Crippen molar-refractivity contribution >= 4 is 23.2 Å². The van der Waals surface area contributed by atoms with Gasteiger partial charge in [-0.25, -0.2) is 0 Å². The zero-order chi connectivity index (χ0) is 15.8. The normalized spacial score (nSPS) is 11.2. The summed E-state index contributed by atoms with van der Waals surface area (Å²) >= 11 is 0. The van der Waals surface area contributed by atoms with Gasteiger partial charge in [0.1, 0.15) is 0 Å². The Bertz CT molecular complexity index is 521. The molecule has 21 heavy (non-hydrogen) atoms. The molecule has 0 bridgehead atoms. The third-order valence-electron chi connectivity index (χ3n) is 2.47. The van der Waals surface area contributed by atoms with Crippen LogP contribution in [0.25, 0.3) is 0 Å². The highest BCUT2D eigenvalue weighted by molar-refractivity contribution is 5.99. The topological polar surface area (TPSA) is 79.8 Å². The van der Waals surface area contributed by atoms with Crippen molar-refractivity contribution in [1.82, 2.24) is 5.32 Å². The van der Waals surface area contributed by atoms with E-state index in [1.54, 1.807) is 19.1 Å². The number of hydrogen-bond acceptors (Lipinski definition) is 4. The van der Waals surface area contributed by atoms with Crippen molar-refractivity contribution in [3.05, 3.63) is 29.8 Å². The molecule has 1 rings (SSSR count). The van der Waals surface area contributed by atoms with Gasteiger partial charge in [-0.1, -0.05) is 17.3 Å². The first-order valence-electron chi connectivity index (χ1n) is 6.72. The van der Waals surface area contributed by atoms with E-state index in [4.69, 9.17) is 4.84 Å². The van der Waals surface area contributed by atoms with Crippen LogP contribution in [0.1, 0.15) is 33.3 Å². The minimum atomic E-state index is -0.206. The molecule has 0 spiro atoms. The van der Waals surface area contributed by atoms with Crippen molar-refractivity contribution < 1.29 is 14.4 Å². The maximum Gasteiger partial charge on any atom is 0.260 e. The second kappa shape index (κ2) is 8.04. The first kappa shape index (κ1) is 16.7. The fourth-order valence-corrected chi connectivity index (χ4v) is 1.60. The fourth-order valence-electron chi connectivity index (χ4n) is 1.60. The summed E-state index contributed by atoms with van der Waals surface area (Å²) in [5.74, 6) is -0.324. The van der Waals surface area contributed by atoms with Crippen LogP contribution < -0.4 is 10.6 Å². The molecule has 6 nitrogen and oxygen atoms in total. The number of carbonyl (C=O) groups is 2. The minimum Gasteiger partial charge on any atom is -0.385 e. The summed E-state index contributed by atoms with van der Waals surface area (Å²) in [6.45, 7) is 6.88. The van der Waals surface area contributed by atoms with E-state index in [1.165, 1.54) is 6.92 Å². The second-order valence-electron chi connectivity index (χ2n) is 4.93. The predicted molar refractivity (Wildman–Crippen MR) is 82.2 cm³/mol. The van der Waals surface area contributed by atoms with Gasteiger partial charge in [0.15, 0.2) is 6.61 Å². The third kappa shape index (κ3) is 6.56. The molecule has 0 aliphatic rings. The number of nitrogens with zero attached hydrogens (tertiary/aromatic N) is 1. The Morgan fingerprint density at radius 3 is 2.33 bits per heavy atom. The minimum absolute atomic E-state index is 0.0764. The van der Waals surface area contributed by atoms with Crippen LogP contribution in [0.15, 0.2) is 29.4 Å². The lowest BCUT2D eigenvalue weighted by molar-refractivity contribution is -0.126. The Hall–Kier alpha value is -2.37. The Morgan fingerprint density at radius 2 is 1.81 bits per heavy atom. The predicted octanol–water partition coefficient (Wildman–Crippen LogP) is 1.91. The van der Waals surface area contributed by atoms with E-state index >= 15 is 0 Å². The first-order valence-corrected chi connectivity index (χ1v) is 6.72. The first-order chi connectivity index (χ1) is 9.88. The number of benzene rings is 1. The fraction of sp³-hybridized carbons (Fsp3) is 0.400. The summed E-state index contributed by atoms with van der Waals surface area (Å²) in [5, 5.41) is 9.29. The van der Waals surface area contributed by atoms with Crippen molar-refractivity contribution in [2.24, 2.45) is 5.16 Å². The highest BCUT2D eigenvalue weighted by Gasteiger charge is 2.04. The molecule has 0 aromatic heterocycles. The summed E-state index contributed by atoms with van der Waals surface area (Å²) < 4.78 is 0. The van der Waals surface area contributed by atoms with Gasteiger partial charge in [-0.15, -0.1) is 0 Å². The van der Waals surface area contributed by atoms with E-state index in [2.05, 4.69) is 15.8 Å². The van der Waals surface area contributed by atoms with Gasteiger partial charge in [0.2, 0.25) is 5.91 Å². The van der Waals surface area contributed by atoms with E-state index in [-0.39, 0.29) is 24.5 Å². The number of carbonyl (C=O) groups excluding carboxylic acids is 2. The summed E-state index contributed by atoms with van der Waals surface area (Å²) in [6.07, 6.45) is 0. The molecule has 0 unspecified atom stereocenters. The van der Waals surface area contributed by atoms with E-state index in [0.29, 0.717) is 5.71 Å². The monoisotopic (exact) mass is 291 g/mol. The number of anilines is 1. The average molecular weight is 291 g/mol. The van der Waals surface area contributed by atoms with Gasteiger partial charge in [0.05, 0.1) is 5.71 Å². The largest absolute Gasteiger partial charge is 0.385 e. The Labute approximate surface area is 124 Å². The van der Waals surface area contributed by atoms with Crippen molar-refractivity contribution in [1.29, 1.82) is 0 Å². The van der Waals surface area contributed by atoms with Crippen molar-refractivity contribution in [2.75, 3.05) is 11.9 Å². The van der Waals surface area contributed by atoms with Gasteiger partial charge in [-0.3, -0.25) is 9.59 Å². The van der Waals surface area contributed by atoms with Gasteiger partial charge >= 0.3 is 0 Å². The van der Waals surface area contributed by atoms with Crippen molar-refractivity contribution in [2.45, 2.75) is 33.7 Å². The third-order valence-corrected chi connectivity index (χ3v) is 2.47. The molecule has 1 aromatic rings. The molecule has 1 aromatic carbocycles. The average Bonchev–Trinajstić information content (AvgIpc) is 2.37. The van der Waals surface area contributed by atoms with E-state index in [1.807, 2.05) is 26.0 Å². The highest BCUT2D eigenvalue weighted by Crippen LogP contribution is 2.10. The van der Waals surface area contributed by atoms with E-state index < -0.39 is 0 Å². The second-order valence-corrected chi connectivity index (χ2v) is 4.93. The van der Waals surface area contributed by atoms with Crippen LogP contribution in [0.5, 0.6) is 0 Å². The lowest BCUT2D eigenvalue weighted by Gasteiger charge is -2.07. The quantitative estimate of drug-likeness (QED) is 0.620.